The number of amides is 1. The summed E-state index contributed by atoms with van der Waals surface area (Å²) in [5.74, 6) is -0.505. The number of carbonyl (C=O) groups excluding carboxylic acids is 1. The highest BCUT2D eigenvalue weighted by molar-refractivity contribution is 7.89. The molecular formula is C14H17N5O3S. The second kappa shape index (κ2) is 6.09. The molecule has 1 atom stereocenters. The molecule has 1 saturated heterocycles. The summed E-state index contributed by atoms with van der Waals surface area (Å²) in [4.78, 5) is 17.6. The van der Waals surface area contributed by atoms with Crippen LogP contribution in [0.5, 0.6) is 0 Å². The van der Waals surface area contributed by atoms with Crippen molar-refractivity contribution >= 4 is 21.6 Å². The van der Waals surface area contributed by atoms with E-state index in [0.717, 1.165) is 11.3 Å². The van der Waals surface area contributed by atoms with Gasteiger partial charge >= 0.3 is 0 Å². The third-order valence-electron chi connectivity index (χ3n) is 3.73. The predicted molar refractivity (Wildman–Crippen MR) is 84.0 cm³/mol. The molecule has 122 valence electrons. The number of anilines is 1. The molecule has 8 nitrogen and oxygen atoms in total. The standard InChI is InChI=1S/C14H17N5O3S/c15-23(21,22)8-12-5-14(20)19(7-12)13-3-1-11(2-4-13)6-18-10-16-9-17-18/h1-4,9-10,12H,5-8H2,(H2,15,21,22). The fourth-order valence-corrected chi connectivity index (χ4v) is 3.63. The van der Waals surface area contributed by atoms with Gasteiger partial charge in [-0.15, -0.1) is 0 Å². The number of carbonyl (C=O) groups is 1. The first kappa shape index (κ1) is 15.6. The summed E-state index contributed by atoms with van der Waals surface area (Å²) < 4.78 is 24.0. The van der Waals surface area contributed by atoms with Crippen LogP contribution >= 0.6 is 0 Å². The van der Waals surface area contributed by atoms with Crippen molar-refractivity contribution in [2.24, 2.45) is 11.1 Å². The first-order valence-electron chi connectivity index (χ1n) is 7.13. The van der Waals surface area contributed by atoms with Gasteiger partial charge in [0.25, 0.3) is 0 Å². The highest BCUT2D eigenvalue weighted by Crippen LogP contribution is 2.26. The highest BCUT2D eigenvalue weighted by atomic mass is 32.2. The largest absolute Gasteiger partial charge is 0.312 e. The Bertz CT molecular complexity index is 786. The Hall–Kier alpha value is -2.26. The Morgan fingerprint density at radius 3 is 2.61 bits per heavy atom. The summed E-state index contributed by atoms with van der Waals surface area (Å²) in [6, 6.07) is 7.53. The van der Waals surface area contributed by atoms with Crippen molar-refractivity contribution in [1.29, 1.82) is 0 Å². The Morgan fingerprint density at radius 1 is 1.26 bits per heavy atom. The molecule has 0 saturated carbocycles. The van der Waals surface area contributed by atoms with Crippen molar-refractivity contribution in [1.82, 2.24) is 14.8 Å². The molecule has 1 aromatic carbocycles. The number of rotatable bonds is 5. The summed E-state index contributed by atoms with van der Waals surface area (Å²) in [6.07, 6.45) is 3.32. The smallest absolute Gasteiger partial charge is 0.227 e. The van der Waals surface area contributed by atoms with Crippen LogP contribution in [0.25, 0.3) is 0 Å². The molecule has 9 heteroatoms. The summed E-state index contributed by atoms with van der Waals surface area (Å²) in [7, 11) is -3.57. The lowest BCUT2D eigenvalue weighted by molar-refractivity contribution is -0.117. The number of nitrogens with two attached hydrogens (primary N) is 1. The van der Waals surface area contributed by atoms with Crippen molar-refractivity contribution < 1.29 is 13.2 Å². The maximum Gasteiger partial charge on any atom is 0.227 e. The van der Waals surface area contributed by atoms with Gasteiger partial charge in [-0.1, -0.05) is 12.1 Å². The molecule has 1 unspecified atom stereocenters. The average Bonchev–Trinajstić information content (AvgIpc) is 3.08. The van der Waals surface area contributed by atoms with E-state index in [1.807, 2.05) is 24.3 Å². The van der Waals surface area contributed by atoms with Crippen molar-refractivity contribution in [3.05, 3.63) is 42.5 Å². The predicted octanol–water partition coefficient (Wildman–Crippen LogP) is -0.0322. The number of primary sulfonamides is 1. The first-order chi connectivity index (χ1) is 10.9. The zero-order valence-corrected chi connectivity index (χ0v) is 13.2. The summed E-state index contributed by atoms with van der Waals surface area (Å²) in [6.45, 7) is 0.972. The number of aromatic nitrogens is 3. The maximum absolute atomic E-state index is 12.1. The molecule has 2 heterocycles. The van der Waals surface area contributed by atoms with Gasteiger partial charge < -0.3 is 4.90 Å². The normalized spacial score (nSPS) is 18.6. The Kier molecular flexibility index (Phi) is 4.14. The van der Waals surface area contributed by atoms with Crippen LogP contribution in [0, 0.1) is 5.92 Å². The summed E-state index contributed by atoms with van der Waals surface area (Å²) in [5, 5.41) is 9.10. The number of hydrogen-bond donors (Lipinski definition) is 1. The third kappa shape index (κ3) is 3.93. The maximum atomic E-state index is 12.1. The number of nitrogens with zero attached hydrogens (tertiary/aromatic N) is 4. The molecule has 2 N–H and O–H groups in total. The second-order valence-corrected chi connectivity index (χ2v) is 7.32. The second-order valence-electron chi connectivity index (χ2n) is 5.66. The van der Waals surface area contributed by atoms with Crippen LogP contribution in [0.2, 0.25) is 0 Å². The van der Waals surface area contributed by atoms with Gasteiger partial charge in [0.15, 0.2) is 0 Å². The SMILES string of the molecule is NS(=O)(=O)CC1CC(=O)N(c2ccc(Cn3cncn3)cc2)C1. The van der Waals surface area contributed by atoms with Gasteiger partial charge in [-0.05, 0) is 17.7 Å². The highest BCUT2D eigenvalue weighted by Gasteiger charge is 2.32. The molecule has 1 aromatic heterocycles. The molecule has 1 fully saturated rings. The van der Waals surface area contributed by atoms with E-state index < -0.39 is 10.0 Å². The molecule has 3 rings (SSSR count). The van der Waals surface area contributed by atoms with E-state index in [4.69, 9.17) is 5.14 Å². The van der Waals surface area contributed by atoms with Crippen LogP contribution in [0.4, 0.5) is 5.69 Å². The van der Waals surface area contributed by atoms with Crippen LogP contribution in [0.3, 0.4) is 0 Å². The minimum atomic E-state index is -3.57. The van der Waals surface area contributed by atoms with Crippen molar-refractivity contribution in [3.63, 3.8) is 0 Å². The zero-order valence-electron chi connectivity index (χ0n) is 12.4. The van der Waals surface area contributed by atoms with Crippen LogP contribution in [0.15, 0.2) is 36.9 Å². The fraction of sp³-hybridized carbons (Fsp3) is 0.357. The summed E-state index contributed by atoms with van der Waals surface area (Å²) >= 11 is 0. The topological polar surface area (TPSA) is 111 Å². The molecule has 1 amide bonds. The molecule has 2 aromatic rings. The molecule has 1 aliphatic heterocycles. The van der Waals surface area contributed by atoms with Crippen molar-refractivity contribution in [2.75, 3.05) is 17.2 Å². The fourth-order valence-electron chi connectivity index (χ4n) is 2.75. The van der Waals surface area contributed by atoms with Gasteiger partial charge in [0.05, 0.1) is 12.3 Å². The van der Waals surface area contributed by atoms with Crippen molar-refractivity contribution in [3.8, 4) is 0 Å². The first-order valence-corrected chi connectivity index (χ1v) is 8.84. The van der Waals surface area contributed by atoms with E-state index in [2.05, 4.69) is 10.1 Å². The van der Waals surface area contributed by atoms with Crippen LogP contribution < -0.4 is 10.0 Å². The monoisotopic (exact) mass is 335 g/mol. The van der Waals surface area contributed by atoms with E-state index >= 15 is 0 Å². The average molecular weight is 335 g/mol. The minimum absolute atomic E-state index is 0.0809. The van der Waals surface area contributed by atoms with Gasteiger partial charge in [0.1, 0.15) is 12.7 Å². The molecule has 0 aliphatic carbocycles. The van der Waals surface area contributed by atoms with Crippen molar-refractivity contribution in [2.45, 2.75) is 13.0 Å². The van der Waals surface area contributed by atoms with E-state index in [0.29, 0.717) is 13.1 Å². The van der Waals surface area contributed by atoms with Gasteiger partial charge in [0.2, 0.25) is 15.9 Å². The van der Waals surface area contributed by atoms with E-state index in [1.165, 1.54) is 6.33 Å². The Balaban J connectivity index is 1.68. The lowest BCUT2D eigenvalue weighted by Gasteiger charge is -2.17. The molecular weight excluding hydrogens is 318 g/mol. The quantitative estimate of drug-likeness (QED) is 0.824. The van der Waals surface area contributed by atoms with E-state index in [-0.39, 0.29) is 24.0 Å². The molecule has 1 aliphatic rings. The Labute approximate surface area is 134 Å². The number of hydrogen-bond acceptors (Lipinski definition) is 5. The zero-order chi connectivity index (χ0) is 16.4. The van der Waals surface area contributed by atoms with Crippen LogP contribution in [-0.4, -0.2) is 41.4 Å². The van der Waals surface area contributed by atoms with Crippen LogP contribution in [-0.2, 0) is 21.4 Å². The number of benzene rings is 1. The van der Waals surface area contributed by atoms with Gasteiger partial charge in [-0.25, -0.2) is 23.2 Å². The number of sulfonamides is 1. The van der Waals surface area contributed by atoms with E-state index in [9.17, 15) is 13.2 Å². The Morgan fingerprint density at radius 2 is 2.00 bits per heavy atom. The van der Waals surface area contributed by atoms with Crippen LogP contribution in [0.1, 0.15) is 12.0 Å². The minimum Gasteiger partial charge on any atom is -0.312 e. The molecule has 23 heavy (non-hydrogen) atoms. The van der Waals surface area contributed by atoms with Gasteiger partial charge in [-0.2, -0.15) is 5.10 Å². The van der Waals surface area contributed by atoms with Gasteiger partial charge in [0, 0.05) is 24.6 Å². The van der Waals surface area contributed by atoms with E-state index in [1.54, 1.807) is 15.9 Å². The molecule has 0 spiro atoms. The lowest BCUT2D eigenvalue weighted by Crippen LogP contribution is -2.27. The molecule has 0 bridgehead atoms. The third-order valence-corrected chi connectivity index (χ3v) is 4.67. The lowest BCUT2D eigenvalue weighted by atomic mass is 10.1. The molecule has 0 radical (unpaired) electrons. The summed E-state index contributed by atoms with van der Waals surface area (Å²) in [5.41, 5.74) is 1.79. The van der Waals surface area contributed by atoms with Gasteiger partial charge in [-0.3, -0.25) is 4.79 Å².